The zero-order chi connectivity index (χ0) is 18.1. The smallest absolute Gasteiger partial charge is 0.249 e. The summed E-state index contributed by atoms with van der Waals surface area (Å²) in [5.74, 6) is 1.80. The monoisotopic (exact) mass is 356 g/mol. The molecule has 7 nitrogen and oxygen atoms in total. The molecule has 1 aromatic carbocycles. The molecule has 0 radical (unpaired) electrons. The van der Waals surface area contributed by atoms with Crippen molar-refractivity contribution >= 4 is 5.91 Å². The molecule has 2 atom stereocenters. The summed E-state index contributed by atoms with van der Waals surface area (Å²) >= 11 is 0. The van der Waals surface area contributed by atoms with Gasteiger partial charge in [-0.25, -0.2) is 4.98 Å². The molecule has 0 N–H and O–H groups in total. The van der Waals surface area contributed by atoms with E-state index in [2.05, 4.69) is 22.0 Å². The van der Waals surface area contributed by atoms with E-state index in [1.54, 1.807) is 13.3 Å². The molecule has 0 bridgehead atoms. The molecule has 7 heteroatoms. The molecule has 26 heavy (non-hydrogen) atoms. The number of amides is 1. The fraction of sp³-hybridized carbons (Fsp3) is 0.474. The first kappa shape index (κ1) is 17.1. The number of hydrogen-bond donors (Lipinski definition) is 0. The quantitative estimate of drug-likeness (QED) is 0.801. The number of aryl methyl sites for hydroxylation is 1. The van der Waals surface area contributed by atoms with Crippen LogP contribution in [0, 0.1) is 0 Å². The number of aromatic nitrogens is 2. The highest BCUT2D eigenvalue weighted by atomic mass is 16.5. The first-order valence-corrected chi connectivity index (χ1v) is 8.86. The molecule has 2 aliphatic rings. The Hall–Kier alpha value is -2.38. The molecule has 2 aliphatic heterocycles. The van der Waals surface area contributed by atoms with E-state index in [4.69, 9.17) is 9.47 Å². The van der Waals surface area contributed by atoms with Crippen molar-refractivity contribution < 1.29 is 14.3 Å². The normalized spacial score (nSPS) is 23.3. The molecule has 3 heterocycles. The Morgan fingerprint density at radius 2 is 2.04 bits per heavy atom. The van der Waals surface area contributed by atoms with Gasteiger partial charge in [-0.3, -0.25) is 9.69 Å². The maximum atomic E-state index is 12.4. The Kier molecular flexibility index (Phi) is 4.65. The van der Waals surface area contributed by atoms with Crippen LogP contribution in [0.15, 0.2) is 36.7 Å². The summed E-state index contributed by atoms with van der Waals surface area (Å²) in [5.41, 5.74) is 1.23. The molecule has 0 unspecified atom stereocenters. The third kappa shape index (κ3) is 3.32. The predicted octanol–water partition coefficient (Wildman–Crippen LogP) is 1.04. The van der Waals surface area contributed by atoms with Crippen LogP contribution in [0.2, 0.25) is 0 Å². The summed E-state index contributed by atoms with van der Waals surface area (Å²) in [5, 5.41) is 0. The van der Waals surface area contributed by atoms with Crippen molar-refractivity contribution in [1.29, 1.82) is 0 Å². The number of carbonyl (C=O) groups is 1. The van der Waals surface area contributed by atoms with E-state index in [0.29, 0.717) is 6.54 Å². The number of benzene rings is 1. The topological polar surface area (TPSA) is 59.8 Å². The van der Waals surface area contributed by atoms with Gasteiger partial charge in [0.15, 0.2) is 0 Å². The minimum atomic E-state index is 0.0422. The number of likely N-dealkylation sites (tertiary alicyclic amines) is 1. The minimum Gasteiger partial charge on any atom is -0.497 e. The second kappa shape index (κ2) is 7.09. The number of methoxy groups -OCH3 is 1. The number of morpholine rings is 1. The highest BCUT2D eigenvalue weighted by Crippen LogP contribution is 2.26. The first-order valence-electron chi connectivity index (χ1n) is 8.86. The Morgan fingerprint density at radius 3 is 2.73 bits per heavy atom. The van der Waals surface area contributed by atoms with E-state index < -0.39 is 0 Å². The lowest BCUT2D eigenvalue weighted by atomic mass is 10.1. The molecule has 0 spiro atoms. The van der Waals surface area contributed by atoms with E-state index >= 15 is 0 Å². The van der Waals surface area contributed by atoms with Crippen LogP contribution in [0.25, 0.3) is 0 Å². The number of ether oxygens (including phenoxy) is 2. The van der Waals surface area contributed by atoms with Gasteiger partial charge in [0.2, 0.25) is 5.91 Å². The fourth-order valence-corrected chi connectivity index (χ4v) is 3.77. The molecular formula is C19H24N4O3. The lowest BCUT2D eigenvalue weighted by Gasteiger charge is -2.36. The molecule has 1 amide bonds. The van der Waals surface area contributed by atoms with Crippen LogP contribution in [-0.4, -0.2) is 64.2 Å². The zero-order valence-electron chi connectivity index (χ0n) is 15.2. The summed E-state index contributed by atoms with van der Waals surface area (Å²) < 4.78 is 13.0. The van der Waals surface area contributed by atoms with Gasteiger partial charge in [0.25, 0.3) is 0 Å². The summed E-state index contributed by atoms with van der Waals surface area (Å²) in [6, 6.07) is 8.19. The van der Waals surface area contributed by atoms with Crippen molar-refractivity contribution in [2.24, 2.45) is 7.05 Å². The van der Waals surface area contributed by atoms with Crippen LogP contribution >= 0.6 is 0 Å². The van der Waals surface area contributed by atoms with E-state index in [9.17, 15) is 4.79 Å². The Morgan fingerprint density at radius 1 is 1.23 bits per heavy atom. The van der Waals surface area contributed by atoms with Crippen LogP contribution < -0.4 is 4.74 Å². The molecule has 2 saturated heterocycles. The van der Waals surface area contributed by atoms with Crippen molar-refractivity contribution in [3.05, 3.63) is 48.0 Å². The second-order valence-corrected chi connectivity index (χ2v) is 6.93. The van der Waals surface area contributed by atoms with Crippen molar-refractivity contribution in [3.63, 3.8) is 0 Å². The molecule has 2 aromatic rings. The van der Waals surface area contributed by atoms with E-state index in [0.717, 1.165) is 31.2 Å². The van der Waals surface area contributed by atoms with Crippen LogP contribution in [0.4, 0.5) is 0 Å². The summed E-state index contributed by atoms with van der Waals surface area (Å²) in [6.07, 6.45) is 3.73. The highest BCUT2D eigenvalue weighted by molar-refractivity contribution is 5.78. The van der Waals surface area contributed by atoms with E-state index in [1.165, 1.54) is 5.56 Å². The van der Waals surface area contributed by atoms with Gasteiger partial charge in [-0.1, -0.05) is 12.1 Å². The lowest BCUT2D eigenvalue weighted by Crippen LogP contribution is -2.53. The summed E-state index contributed by atoms with van der Waals surface area (Å²) in [7, 11) is 3.63. The largest absolute Gasteiger partial charge is 0.497 e. The molecule has 0 saturated carbocycles. The van der Waals surface area contributed by atoms with Crippen molar-refractivity contribution in [1.82, 2.24) is 19.4 Å². The first-order chi connectivity index (χ1) is 12.6. The predicted molar refractivity (Wildman–Crippen MR) is 95.6 cm³/mol. The third-order valence-corrected chi connectivity index (χ3v) is 5.25. The van der Waals surface area contributed by atoms with Crippen molar-refractivity contribution in [2.75, 3.05) is 26.8 Å². The highest BCUT2D eigenvalue weighted by Gasteiger charge is 2.43. The minimum absolute atomic E-state index is 0.0422. The molecule has 2 fully saturated rings. The van der Waals surface area contributed by atoms with Crippen LogP contribution in [0.1, 0.15) is 11.4 Å². The van der Waals surface area contributed by atoms with Crippen LogP contribution in [-0.2, 0) is 29.7 Å². The van der Waals surface area contributed by atoms with Gasteiger partial charge in [0.05, 0.1) is 25.8 Å². The SMILES string of the molecule is COc1ccc(CN2C[C@@H]3OCC(=O)N(Cc4nccn4C)[C@@H]3C2)cc1. The van der Waals surface area contributed by atoms with Gasteiger partial charge in [-0.2, -0.15) is 0 Å². The van der Waals surface area contributed by atoms with Gasteiger partial charge in [0, 0.05) is 39.1 Å². The average Bonchev–Trinajstić information content (AvgIpc) is 3.24. The molecule has 0 aliphatic carbocycles. The van der Waals surface area contributed by atoms with Crippen LogP contribution in [0.3, 0.4) is 0 Å². The molecule has 1 aromatic heterocycles. The Bertz CT molecular complexity index is 773. The summed E-state index contributed by atoms with van der Waals surface area (Å²) in [6.45, 7) is 3.17. The van der Waals surface area contributed by atoms with E-state index in [1.807, 2.05) is 34.8 Å². The number of rotatable bonds is 5. The van der Waals surface area contributed by atoms with E-state index in [-0.39, 0.29) is 24.7 Å². The van der Waals surface area contributed by atoms with Crippen LogP contribution in [0.5, 0.6) is 5.75 Å². The van der Waals surface area contributed by atoms with Crippen molar-refractivity contribution in [3.8, 4) is 5.75 Å². The zero-order valence-corrected chi connectivity index (χ0v) is 15.2. The number of hydrogen-bond acceptors (Lipinski definition) is 5. The molecular weight excluding hydrogens is 332 g/mol. The standard InChI is InChI=1S/C19H24N4O3/c1-21-8-7-20-18(21)12-23-16-10-22(11-17(16)26-13-19(23)24)9-14-3-5-15(25-2)6-4-14/h3-8,16-17H,9-13H2,1-2H3/t16-,17+/m1/s1. The third-order valence-electron chi connectivity index (χ3n) is 5.25. The van der Waals surface area contributed by atoms with Crippen molar-refractivity contribution in [2.45, 2.75) is 25.2 Å². The maximum absolute atomic E-state index is 12.4. The van der Waals surface area contributed by atoms with Gasteiger partial charge in [0.1, 0.15) is 18.2 Å². The molecule has 138 valence electrons. The second-order valence-electron chi connectivity index (χ2n) is 6.93. The van der Waals surface area contributed by atoms with Gasteiger partial charge in [-0.05, 0) is 17.7 Å². The number of carbonyl (C=O) groups excluding carboxylic acids is 1. The maximum Gasteiger partial charge on any atom is 0.249 e. The number of fused-ring (bicyclic) bond motifs is 1. The fourth-order valence-electron chi connectivity index (χ4n) is 3.77. The Labute approximate surface area is 153 Å². The molecule has 4 rings (SSSR count). The van der Waals surface area contributed by atoms with Gasteiger partial charge in [-0.15, -0.1) is 0 Å². The lowest BCUT2D eigenvalue weighted by molar-refractivity contribution is -0.154. The van der Waals surface area contributed by atoms with Gasteiger partial charge < -0.3 is 18.9 Å². The average molecular weight is 356 g/mol. The summed E-state index contributed by atoms with van der Waals surface area (Å²) in [4.78, 5) is 21.1. The number of nitrogens with zero attached hydrogens (tertiary/aromatic N) is 4. The van der Waals surface area contributed by atoms with Gasteiger partial charge >= 0.3 is 0 Å². The Balaban J connectivity index is 1.45. The number of imidazole rings is 1.